The number of carbonyl (C=O) groups is 1. The second-order valence-electron chi connectivity index (χ2n) is 2.73. The molecule has 0 radical (unpaired) electrons. The monoisotopic (exact) mass is 268 g/mol. The molecule has 1 amide bonds. The van der Waals surface area contributed by atoms with Crippen molar-refractivity contribution >= 4 is 27.7 Å². The number of halogens is 1. The van der Waals surface area contributed by atoms with Crippen LogP contribution in [0.4, 0.5) is 5.82 Å². The first kappa shape index (κ1) is 11.6. The number of hydrogen-bond donors (Lipinski definition) is 2. The van der Waals surface area contributed by atoms with Crippen molar-refractivity contribution in [3.8, 4) is 12.3 Å². The van der Waals surface area contributed by atoms with Crippen molar-refractivity contribution in [2.24, 2.45) is 5.73 Å². The van der Waals surface area contributed by atoms with Crippen LogP contribution in [0.5, 0.6) is 0 Å². The smallest absolute Gasteiger partial charge is 0.243 e. The third-order valence-electron chi connectivity index (χ3n) is 1.55. The molecule has 5 nitrogen and oxygen atoms in total. The van der Waals surface area contributed by atoms with Gasteiger partial charge in [0.15, 0.2) is 5.82 Å². The molecule has 15 heavy (non-hydrogen) atoms. The quantitative estimate of drug-likeness (QED) is 0.784. The number of nitrogens with zero attached hydrogens (tertiary/aromatic N) is 2. The number of hydrogen-bond acceptors (Lipinski definition) is 4. The number of amides is 1. The van der Waals surface area contributed by atoms with Crippen molar-refractivity contribution in [1.29, 1.82) is 0 Å². The Labute approximate surface area is 95.6 Å². The summed E-state index contributed by atoms with van der Waals surface area (Å²) in [5.74, 6) is 2.29. The molecule has 1 heterocycles. The van der Waals surface area contributed by atoms with E-state index in [-0.39, 0.29) is 12.3 Å². The first-order valence-electron chi connectivity index (χ1n) is 4.11. The van der Waals surface area contributed by atoms with E-state index < -0.39 is 6.04 Å². The van der Waals surface area contributed by atoms with E-state index in [1.165, 1.54) is 12.4 Å². The number of carbonyl (C=O) groups excluding carboxylic acids is 1. The standard InChI is InChI=1S/C9H9BrN4O/c1-2-3-6(11)9(15)14-8-5-12-7(10)4-13-8/h1,4-6H,3,11H2,(H,13,14,15). The van der Waals surface area contributed by atoms with Gasteiger partial charge in [-0.15, -0.1) is 12.3 Å². The van der Waals surface area contributed by atoms with Gasteiger partial charge in [0.05, 0.1) is 18.4 Å². The molecule has 3 N–H and O–H groups in total. The highest BCUT2D eigenvalue weighted by molar-refractivity contribution is 9.10. The highest BCUT2D eigenvalue weighted by atomic mass is 79.9. The van der Waals surface area contributed by atoms with Crippen molar-refractivity contribution < 1.29 is 4.79 Å². The normalized spacial score (nSPS) is 11.5. The number of nitrogens with two attached hydrogens (primary N) is 1. The number of nitrogens with one attached hydrogen (secondary N) is 1. The third kappa shape index (κ3) is 3.65. The average molecular weight is 269 g/mol. The lowest BCUT2D eigenvalue weighted by Crippen LogP contribution is -2.35. The fourth-order valence-electron chi connectivity index (χ4n) is 0.815. The van der Waals surface area contributed by atoms with Gasteiger partial charge in [-0.25, -0.2) is 9.97 Å². The molecular weight excluding hydrogens is 260 g/mol. The molecule has 1 rings (SSSR count). The van der Waals surface area contributed by atoms with Gasteiger partial charge in [-0.2, -0.15) is 0 Å². The van der Waals surface area contributed by atoms with Gasteiger partial charge in [0.1, 0.15) is 4.60 Å². The van der Waals surface area contributed by atoms with Gasteiger partial charge in [0, 0.05) is 6.42 Å². The summed E-state index contributed by atoms with van der Waals surface area (Å²) in [5, 5.41) is 2.50. The molecule has 78 valence electrons. The minimum atomic E-state index is -0.722. The lowest BCUT2D eigenvalue weighted by Gasteiger charge is -2.08. The second-order valence-corrected chi connectivity index (χ2v) is 3.54. The van der Waals surface area contributed by atoms with E-state index in [9.17, 15) is 4.79 Å². The van der Waals surface area contributed by atoms with E-state index in [0.29, 0.717) is 10.4 Å². The topological polar surface area (TPSA) is 80.9 Å². The Balaban J connectivity index is 2.59. The molecule has 0 saturated heterocycles. The van der Waals surface area contributed by atoms with E-state index in [1.54, 1.807) is 0 Å². The maximum absolute atomic E-state index is 11.4. The van der Waals surface area contributed by atoms with Gasteiger partial charge < -0.3 is 11.1 Å². The van der Waals surface area contributed by atoms with E-state index in [2.05, 4.69) is 37.1 Å². The number of rotatable bonds is 3. The molecule has 0 spiro atoms. The molecule has 0 aliphatic rings. The van der Waals surface area contributed by atoms with Crippen LogP contribution in [0.15, 0.2) is 17.0 Å². The summed E-state index contributed by atoms with van der Waals surface area (Å²) in [6.45, 7) is 0. The zero-order valence-electron chi connectivity index (χ0n) is 7.77. The molecule has 0 bridgehead atoms. The Hall–Kier alpha value is -1.45. The molecular formula is C9H9BrN4O. The molecule has 0 fully saturated rings. The van der Waals surface area contributed by atoms with E-state index in [0.717, 1.165) is 0 Å². The van der Waals surface area contributed by atoms with Crippen LogP contribution in [0.25, 0.3) is 0 Å². The fourth-order valence-corrected chi connectivity index (χ4v) is 1.02. The first-order valence-corrected chi connectivity index (χ1v) is 4.90. The summed E-state index contributed by atoms with van der Waals surface area (Å²) in [5.41, 5.74) is 5.49. The predicted molar refractivity (Wildman–Crippen MR) is 59.8 cm³/mol. The van der Waals surface area contributed by atoms with Crippen LogP contribution in [0.3, 0.4) is 0 Å². The zero-order chi connectivity index (χ0) is 11.3. The summed E-state index contributed by atoms with van der Waals surface area (Å²) in [7, 11) is 0. The highest BCUT2D eigenvalue weighted by Gasteiger charge is 2.12. The molecule has 1 aromatic rings. The lowest BCUT2D eigenvalue weighted by molar-refractivity contribution is -0.117. The van der Waals surface area contributed by atoms with Crippen LogP contribution in [-0.2, 0) is 4.79 Å². The summed E-state index contributed by atoms with van der Waals surface area (Å²) in [6.07, 6.45) is 8.12. The van der Waals surface area contributed by atoms with E-state index >= 15 is 0 Å². The SMILES string of the molecule is C#CCC(N)C(=O)Nc1cnc(Br)cn1. The maximum Gasteiger partial charge on any atom is 0.243 e. The van der Waals surface area contributed by atoms with Crippen LogP contribution in [0.2, 0.25) is 0 Å². The summed E-state index contributed by atoms with van der Waals surface area (Å²) in [6, 6.07) is -0.722. The van der Waals surface area contributed by atoms with Crippen LogP contribution in [-0.4, -0.2) is 21.9 Å². The van der Waals surface area contributed by atoms with E-state index in [1.807, 2.05) is 0 Å². The van der Waals surface area contributed by atoms with Crippen LogP contribution in [0, 0.1) is 12.3 Å². The van der Waals surface area contributed by atoms with Gasteiger partial charge in [-0.1, -0.05) is 0 Å². The van der Waals surface area contributed by atoms with Crippen molar-refractivity contribution in [2.75, 3.05) is 5.32 Å². The number of aromatic nitrogens is 2. The molecule has 6 heteroatoms. The molecule has 0 aliphatic carbocycles. The number of terminal acetylenes is 1. The van der Waals surface area contributed by atoms with Crippen LogP contribution >= 0.6 is 15.9 Å². The Morgan fingerprint density at radius 2 is 2.40 bits per heavy atom. The molecule has 1 aromatic heterocycles. The fraction of sp³-hybridized carbons (Fsp3) is 0.222. The van der Waals surface area contributed by atoms with Gasteiger partial charge in [-0.05, 0) is 15.9 Å². The zero-order valence-corrected chi connectivity index (χ0v) is 9.36. The minimum absolute atomic E-state index is 0.190. The maximum atomic E-state index is 11.4. The molecule has 1 atom stereocenters. The predicted octanol–water partition coefficient (Wildman–Crippen LogP) is 0.528. The molecule has 0 aliphatic heterocycles. The van der Waals surface area contributed by atoms with Crippen molar-refractivity contribution in [2.45, 2.75) is 12.5 Å². The Bertz CT molecular complexity index is 384. The van der Waals surface area contributed by atoms with Gasteiger partial charge >= 0.3 is 0 Å². The summed E-state index contributed by atoms with van der Waals surface area (Å²) in [4.78, 5) is 19.2. The Morgan fingerprint density at radius 3 is 2.93 bits per heavy atom. The Kier molecular flexibility index (Phi) is 4.21. The van der Waals surface area contributed by atoms with Crippen molar-refractivity contribution in [3.63, 3.8) is 0 Å². The second kappa shape index (κ2) is 5.44. The average Bonchev–Trinajstić information content (AvgIpc) is 2.22. The van der Waals surface area contributed by atoms with Gasteiger partial charge in [0.25, 0.3) is 0 Å². The summed E-state index contributed by atoms with van der Waals surface area (Å²) < 4.78 is 0.591. The Morgan fingerprint density at radius 1 is 1.67 bits per heavy atom. The van der Waals surface area contributed by atoms with E-state index in [4.69, 9.17) is 12.2 Å². The van der Waals surface area contributed by atoms with Crippen LogP contribution < -0.4 is 11.1 Å². The first-order chi connectivity index (χ1) is 7.13. The largest absolute Gasteiger partial charge is 0.319 e. The third-order valence-corrected chi connectivity index (χ3v) is 1.96. The lowest BCUT2D eigenvalue weighted by atomic mass is 10.2. The minimum Gasteiger partial charge on any atom is -0.319 e. The van der Waals surface area contributed by atoms with Gasteiger partial charge in [-0.3, -0.25) is 4.79 Å². The molecule has 0 saturated carbocycles. The van der Waals surface area contributed by atoms with Crippen LogP contribution in [0.1, 0.15) is 6.42 Å². The summed E-state index contributed by atoms with van der Waals surface area (Å²) >= 11 is 3.13. The van der Waals surface area contributed by atoms with Crippen molar-refractivity contribution in [1.82, 2.24) is 9.97 Å². The molecule has 0 aromatic carbocycles. The van der Waals surface area contributed by atoms with Gasteiger partial charge in [0.2, 0.25) is 5.91 Å². The molecule has 1 unspecified atom stereocenters. The van der Waals surface area contributed by atoms with Crippen molar-refractivity contribution in [3.05, 3.63) is 17.0 Å². The number of anilines is 1. The highest BCUT2D eigenvalue weighted by Crippen LogP contribution is 2.06.